The highest BCUT2D eigenvalue weighted by molar-refractivity contribution is 7.99. The number of fused-ring (bicyclic) bond motifs is 2. The van der Waals surface area contributed by atoms with Crippen molar-refractivity contribution in [1.82, 2.24) is 29.7 Å². The van der Waals surface area contributed by atoms with Gasteiger partial charge in [0.1, 0.15) is 5.82 Å². The maximum atomic E-state index is 12.0. The molecule has 154 valence electrons. The molecule has 3 heterocycles. The number of benzene rings is 1. The van der Waals surface area contributed by atoms with Gasteiger partial charge in [-0.1, -0.05) is 11.3 Å². The molecule has 5 rings (SSSR count). The molecular formula is C19H20N8OS2. The lowest BCUT2D eigenvalue weighted by atomic mass is 10.3. The molecule has 0 bridgehead atoms. The van der Waals surface area contributed by atoms with Gasteiger partial charge >= 0.3 is 0 Å². The maximum absolute atomic E-state index is 12.0. The van der Waals surface area contributed by atoms with Crippen molar-refractivity contribution in [2.45, 2.75) is 28.9 Å². The molecular weight excluding hydrogens is 420 g/mol. The van der Waals surface area contributed by atoms with Gasteiger partial charge < -0.3 is 15.5 Å². The molecule has 4 aromatic rings. The van der Waals surface area contributed by atoms with Crippen LogP contribution in [-0.2, 0) is 4.79 Å². The molecule has 0 unspecified atom stereocenters. The molecule has 1 saturated carbocycles. The molecule has 0 atom stereocenters. The van der Waals surface area contributed by atoms with Crippen LogP contribution in [0.3, 0.4) is 0 Å². The van der Waals surface area contributed by atoms with Crippen molar-refractivity contribution in [3.63, 3.8) is 0 Å². The Balaban J connectivity index is 1.36. The summed E-state index contributed by atoms with van der Waals surface area (Å²) in [5.41, 5.74) is 1.56. The van der Waals surface area contributed by atoms with Crippen LogP contribution in [0.4, 0.5) is 10.9 Å². The van der Waals surface area contributed by atoms with E-state index in [0.717, 1.165) is 20.9 Å². The van der Waals surface area contributed by atoms with Crippen LogP contribution in [0.2, 0.25) is 0 Å². The van der Waals surface area contributed by atoms with Crippen LogP contribution in [0.1, 0.15) is 12.8 Å². The first kappa shape index (κ1) is 19.2. The van der Waals surface area contributed by atoms with Crippen LogP contribution in [0, 0.1) is 0 Å². The average molecular weight is 441 g/mol. The zero-order valence-corrected chi connectivity index (χ0v) is 18.1. The number of amides is 1. The summed E-state index contributed by atoms with van der Waals surface area (Å²) in [6.45, 7) is 0.321. The Hall–Kier alpha value is -2.76. The third-order valence-electron chi connectivity index (χ3n) is 4.44. The highest BCUT2D eigenvalue weighted by Crippen LogP contribution is 2.33. The van der Waals surface area contributed by atoms with Crippen molar-refractivity contribution < 1.29 is 4.79 Å². The lowest BCUT2D eigenvalue weighted by molar-refractivity contribution is -0.116. The quantitative estimate of drug-likeness (QED) is 0.452. The van der Waals surface area contributed by atoms with Gasteiger partial charge in [-0.05, 0) is 69.0 Å². The van der Waals surface area contributed by atoms with Crippen LogP contribution in [0.25, 0.3) is 15.9 Å². The Morgan fingerprint density at radius 2 is 2.13 bits per heavy atom. The lowest BCUT2D eigenvalue weighted by Crippen LogP contribution is -2.26. The molecule has 1 aliphatic carbocycles. The van der Waals surface area contributed by atoms with Crippen LogP contribution in [-0.4, -0.2) is 62.3 Å². The van der Waals surface area contributed by atoms with Crippen molar-refractivity contribution in [3.8, 4) is 0 Å². The zero-order valence-electron chi connectivity index (χ0n) is 16.5. The van der Waals surface area contributed by atoms with E-state index in [9.17, 15) is 4.79 Å². The van der Waals surface area contributed by atoms with E-state index in [1.54, 1.807) is 4.52 Å². The summed E-state index contributed by atoms with van der Waals surface area (Å²) in [7, 11) is 3.71. The molecule has 30 heavy (non-hydrogen) atoms. The Kier molecular flexibility index (Phi) is 5.01. The number of aromatic nitrogens is 5. The van der Waals surface area contributed by atoms with Crippen LogP contribution in [0.5, 0.6) is 0 Å². The summed E-state index contributed by atoms with van der Waals surface area (Å²) >= 11 is 2.95. The highest BCUT2D eigenvalue weighted by Gasteiger charge is 2.21. The number of likely N-dealkylation sites (N-methyl/N-ethyl adjacent to an activating group) is 1. The standard InChI is InChI=1S/C19H20N8OS2/c1-26(2)10-17(28)22-18-21-13-6-5-12(9-14(13)30-18)29-19-24-23-16-8-7-15(25-27(16)19)20-11-3-4-11/h5-9,11H,3-4,10H2,1-2H3,(H,20,25)(H,21,22,28). The minimum absolute atomic E-state index is 0.0785. The summed E-state index contributed by atoms with van der Waals surface area (Å²) in [6, 6.07) is 10.4. The first-order valence-electron chi connectivity index (χ1n) is 9.55. The van der Waals surface area contributed by atoms with Gasteiger partial charge in [-0.15, -0.1) is 15.3 Å². The van der Waals surface area contributed by atoms with E-state index in [0.29, 0.717) is 28.5 Å². The summed E-state index contributed by atoms with van der Waals surface area (Å²) in [5, 5.41) is 20.7. The Labute approximate surface area is 180 Å². The van der Waals surface area contributed by atoms with E-state index in [1.165, 1.54) is 35.9 Å². The molecule has 0 aliphatic heterocycles. The number of hydrogen-bond acceptors (Lipinski definition) is 9. The van der Waals surface area contributed by atoms with E-state index in [-0.39, 0.29) is 5.91 Å². The van der Waals surface area contributed by atoms with Crippen molar-refractivity contribution in [1.29, 1.82) is 0 Å². The molecule has 2 N–H and O–H groups in total. The van der Waals surface area contributed by atoms with Gasteiger partial charge in [-0.25, -0.2) is 4.98 Å². The molecule has 1 aliphatic rings. The van der Waals surface area contributed by atoms with Crippen LogP contribution >= 0.6 is 23.1 Å². The number of rotatable bonds is 7. The first-order valence-corrected chi connectivity index (χ1v) is 11.2. The van der Waals surface area contributed by atoms with E-state index in [2.05, 4.69) is 30.9 Å². The summed E-state index contributed by atoms with van der Waals surface area (Å²) < 4.78 is 2.76. The van der Waals surface area contributed by atoms with Gasteiger partial charge in [0.05, 0.1) is 16.8 Å². The van der Waals surface area contributed by atoms with Gasteiger partial charge in [0.15, 0.2) is 10.8 Å². The minimum Gasteiger partial charge on any atom is -0.366 e. The van der Waals surface area contributed by atoms with Crippen LogP contribution < -0.4 is 10.6 Å². The number of nitrogens with one attached hydrogen (secondary N) is 2. The number of thiazole rings is 1. The molecule has 0 spiro atoms. The van der Waals surface area contributed by atoms with Crippen molar-refractivity contribution in [3.05, 3.63) is 30.3 Å². The number of anilines is 2. The Bertz CT molecular complexity index is 1230. The predicted octanol–water partition coefficient (Wildman–Crippen LogP) is 2.96. The first-order chi connectivity index (χ1) is 14.5. The fraction of sp³-hybridized carbons (Fsp3) is 0.316. The minimum atomic E-state index is -0.0785. The van der Waals surface area contributed by atoms with Crippen LogP contribution in [0.15, 0.2) is 40.4 Å². The summed E-state index contributed by atoms with van der Waals surface area (Å²) in [6.07, 6.45) is 2.38. The average Bonchev–Trinajstić information content (AvgIpc) is 3.28. The Morgan fingerprint density at radius 1 is 1.27 bits per heavy atom. The number of hydrogen-bond donors (Lipinski definition) is 2. The second kappa shape index (κ2) is 7.82. The normalized spacial score (nSPS) is 14.0. The van der Waals surface area contributed by atoms with E-state index < -0.39 is 0 Å². The monoisotopic (exact) mass is 440 g/mol. The number of carbonyl (C=O) groups is 1. The second-order valence-corrected chi connectivity index (χ2v) is 9.50. The van der Waals surface area contributed by atoms with Gasteiger partial charge in [-0.2, -0.15) is 4.52 Å². The summed E-state index contributed by atoms with van der Waals surface area (Å²) in [4.78, 5) is 19.3. The number of carbonyl (C=O) groups excluding carboxylic acids is 1. The smallest absolute Gasteiger partial charge is 0.240 e. The fourth-order valence-corrected chi connectivity index (χ4v) is 4.74. The van der Waals surface area contributed by atoms with Crippen molar-refractivity contribution >= 4 is 55.8 Å². The van der Waals surface area contributed by atoms with Crippen molar-refractivity contribution in [2.24, 2.45) is 0 Å². The molecule has 1 aromatic carbocycles. The Morgan fingerprint density at radius 3 is 2.93 bits per heavy atom. The second-order valence-electron chi connectivity index (χ2n) is 7.43. The maximum Gasteiger partial charge on any atom is 0.240 e. The predicted molar refractivity (Wildman–Crippen MR) is 118 cm³/mol. The van der Waals surface area contributed by atoms with Gasteiger partial charge in [0.25, 0.3) is 0 Å². The molecule has 11 heteroatoms. The third kappa shape index (κ3) is 4.23. The van der Waals surface area contributed by atoms with E-state index in [1.807, 2.05) is 49.3 Å². The zero-order chi connectivity index (χ0) is 20.7. The molecule has 1 amide bonds. The molecule has 3 aromatic heterocycles. The summed E-state index contributed by atoms with van der Waals surface area (Å²) in [5.74, 6) is 0.757. The van der Waals surface area contributed by atoms with E-state index in [4.69, 9.17) is 0 Å². The highest BCUT2D eigenvalue weighted by atomic mass is 32.2. The SMILES string of the molecule is CN(C)CC(=O)Nc1nc2ccc(Sc3nnc4ccc(NC5CC5)nn34)cc2s1. The van der Waals surface area contributed by atoms with E-state index >= 15 is 0 Å². The number of nitrogens with zero attached hydrogens (tertiary/aromatic N) is 6. The molecule has 0 radical (unpaired) electrons. The third-order valence-corrected chi connectivity index (χ3v) is 6.30. The fourth-order valence-electron chi connectivity index (χ4n) is 2.92. The molecule has 1 fully saturated rings. The topological polar surface area (TPSA) is 100 Å². The van der Waals surface area contributed by atoms with Gasteiger partial charge in [0, 0.05) is 10.9 Å². The van der Waals surface area contributed by atoms with Crippen molar-refractivity contribution in [2.75, 3.05) is 31.3 Å². The molecule has 9 nitrogen and oxygen atoms in total. The molecule has 0 saturated heterocycles. The van der Waals surface area contributed by atoms with Gasteiger partial charge in [-0.3, -0.25) is 4.79 Å². The largest absolute Gasteiger partial charge is 0.366 e. The lowest BCUT2D eigenvalue weighted by Gasteiger charge is -2.07. The van der Waals surface area contributed by atoms with Gasteiger partial charge in [0.2, 0.25) is 11.1 Å².